The molecule has 5 rings (SSSR count). The van der Waals surface area contributed by atoms with Gasteiger partial charge in [-0.1, -0.05) is 30.0 Å². The molecule has 0 bridgehead atoms. The van der Waals surface area contributed by atoms with Gasteiger partial charge in [0.2, 0.25) is 5.91 Å². The van der Waals surface area contributed by atoms with Gasteiger partial charge < -0.3 is 4.42 Å². The first-order valence-corrected chi connectivity index (χ1v) is 15.9. The lowest BCUT2D eigenvalue weighted by Gasteiger charge is -2.09. The van der Waals surface area contributed by atoms with Crippen molar-refractivity contribution >= 4 is 51.6 Å². The molecule has 7 nitrogen and oxygen atoms in total. The minimum atomic E-state index is -4.48. The number of nitrogens with zero attached hydrogens (tertiary/aromatic N) is 1. The van der Waals surface area contributed by atoms with Gasteiger partial charge in [-0.3, -0.25) is 24.6 Å². The topological polar surface area (TPSA) is 101 Å². The number of hydrazine groups is 1. The normalized spacial score (nSPS) is 14.4. The van der Waals surface area contributed by atoms with Crippen LogP contribution in [0.2, 0.25) is 0 Å². The number of thioether (sulfide) groups is 1. The van der Waals surface area contributed by atoms with Gasteiger partial charge in [0.15, 0.2) is 5.76 Å². The molecule has 13 heteroatoms. The van der Waals surface area contributed by atoms with Crippen molar-refractivity contribution in [3.8, 4) is 0 Å². The zero-order chi connectivity index (χ0) is 32.3. The maximum Gasteiger partial charge on any atom is 0.417 e. The Balaban J connectivity index is 1.21. The van der Waals surface area contributed by atoms with E-state index in [4.69, 9.17) is 4.42 Å². The molecule has 2 amide bonds. The van der Waals surface area contributed by atoms with Crippen LogP contribution < -0.4 is 10.9 Å². The van der Waals surface area contributed by atoms with Crippen LogP contribution in [-0.2, 0) is 27.5 Å². The van der Waals surface area contributed by atoms with Gasteiger partial charge in [-0.05, 0) is 94.9 Å². The fourth-order valence-corrected chi connectivity index (χ4v) is 5.91. The summed E-state index contributed by atoms with van der Waals surface area (Å²) in [6.07, 6.45) is -0.357. The molecule has 2 aromatic carbocycles. The van der Waals surface area contributed by atoms with Gasteiger partial charge in [0.1, 0.15) is 11.6 Å². The van der Waals surface area contributed by atoms with Crippen LogP contribution in [0.4, 0.5) is 17.6 Å². The SMILES string of the molecule is CC1=C(CC(=O)NNC(=O)c2ccc(CSc3ccc(C(F)(F)F)cn3)o2)c2cc(F)ccc2C1=Cc1ccc(S(C)=O)cc1. The molecule has 1 aliphatic carbocycles. The Kier molecular flexibility index (Phi) is 9.40. The molecule has 1 aliphatic rings. The number of hydrogen-bond acceptors (Lipinski definition) is 6. The summed E-state index contributed by atoms with van der Waals surface area (Å²) >= 11 is 1.13. The van der Waals surface area contributed by atoms with Gasteiger partial charge in [0, 0.05) is 28.1 Å². The van der Waals surface area contributed by atoms with E-state index in [-0.39, 0.29) is 17.9 Å². The smallest absolute Gasteiger partial charge is 0.417 e. The molecule has 1 unspecified atom stereocenters. The van der Waals surface area contributed by atoms with Crippen molar-refractivity contribution in [1.29, 1.82) is 0 Å². The maximum atomic E-state index is 14.2. The molecule has 0 saturated heterocycles. The van der Waals surface area contributed by atoms with E-state index in [2.05, 4.69) is 15.8 Å². The van der Waals surface area contributed by atoms with E-state index < -0.39 is 40.2 Å². The molecule has 0 aliphatic heterocycles. The highest BCUT2D eigenvalue weighted by Gasteiger charge is 2.30. The van der Waals surface area contributed by atoms with Gasteiger partial charge in [-0.2, -0.15) is 13.2 Å². The molecule has 0 fully saturated rings. The van der Waals surface area contributed by atoms with Crippen molar-refractivity contribution in [2.45, 2.75) is 35.2 Å². The highest BCUT2D eigenvalue weighted by molar-refractivity contribution is 7.98. The van der Waals surface area contributed by atoms with Crippen LogP contribution in [0.1, 0.15) is 51.9 Å². The average Bonchev–Trinajstić information content (AvgIpc) is 3.58. The van der Waals surface area contributed by atoms with Crippen molar-refractivity contribution in [2.75, 3.05) is 6.26 Å². The number of furan rings is 1. The number of halogens is 4. The summed E-state index contributed by atoms with van der Waals surface area (Å²) in [7, 11) is -1.11. The van der Waals surface area contributed by atoms with Gasteiger partial charge in [-0.15, -0.1) is 0 Å². The molecule has 0 saturated carbocycles. The van der Waals surface area contributed by atoms with Crippen molar-refractivity contribution in [2.24, 2.45) is 0 Å². The number of benzene rings is 2. The summed E-state index contributed by atoms with van der Waals surface area (Å²) in [6, 6.07) is 16.7. The van der Waals surface area contributed by atoms with Crippen LogP contribution in [0.5, 0.6) is 0 Å². The number of carbonyl (C=O) groups excluding carboxylic acids is 2. The van der Waals surface area contributed by atoms with Gasteiger partial charge in [0.25, 0.3) is 0 Å². The Labute approximate surface area is 262 Å². The third-order valence-electron chi connectivity index (χ3n) is 6.94. The van der Waals surface area contributed by atoms with Crippen LogP contribution in [0.3, 0.4) is 0 Å². The van der Waals surface area contributed by atoms with Crippen molar-refractivity contribution in [3.05, 3.63) is 118 Å². The third-order valence-corrected chi connectivity index (χ3v) is 8.84. The quantitative estimate of drug-likeness (QED) is 0.120. The third kappa shape index (κ3) is 7.60. The summed E-state index contributed by atoms with van der Waals surface area (Å²) in [5.41, 5.74) is 8.18. The average molecular weight is 656 g/mol. The van der Waals surface area contributed by atoms with Crippen LogP contribution in [0, 0.1) is 5.82 Å². The molecule has 232 valence electrons. The highest BCUT2D eigenvalue weighted by Crippen LogP contribution is 2.43. The minimum Gasteiger partial charge on any atom is -0.455 e. The van der Waals surface area contributed by atoms with Crippen LogP contribution >= 0.6 is 11.8 Å². The molecule has 2 heterocycles. The molecule has 0 spiro atoms. The Morgan fingerprint density at radius 3 is 2.42 bits per heavy atom. The fourth-order valence-electron chi connectivity index (χ4n) is 4.65. The highest BCUT2D eigenvalue weighted by atomic mass is 32.2. The number of alkyl halides is 3. The van der Waals surface area contributed by atoms with Gasteiger partial charge >= 0.3 is 12.1 Å². The zero-order valence-corrected chi connectivity index (χ0v) is 25.5. The second-order valence-corrected chi connectivity index (χ2v) is 12.4. The summed E-state index contributed by atoms with van der Waals surface area (Å²) in [6.45, 7) is 1.84. The van der Waals surface area contributed by atoms with Crippen LogP contribution in [0.15, 0.2) is 92.8 Å². The zero-order valence-electron chi connectivity index (χ0n) is 23.8. The lowest BCUT2D eigenvalue weighted by Crippen LogP contribution is -2.41. The van der Waals surface area contributed by atoms with E-state index in [0.29, 0.717) is 26.8 Å². The Hall–Kier alpha value is -4.49. The van der Waals surface area contributed by atoms with Gasteiger partial charge in [0.05, 0.1) is 22.8 Å². The second kappa shape index (κ2) is 13.2. The van der Waals surface area contributed by atoms with Crippen LogP contribution in [0.25, 0.3) is 17.2 Å². The predicted octanol–water partition coefficient (Wildman–Crippen LogP) is 7.04. The number of hydrogen-bond donors (Lipinski definition) is 2. The number of allylic oxidation sites excluding steroid dienone is 2. The molecular weight excluding hydrogens is 630 g/mol. The molecule has 0 radical (unpaired) electrons. The first-order valence-electron chi connectivity index (χ1n) is 13.4. The van der Waals surface area contributed by atoms with E-state index in [0.717, 1.165) is 46.3 Å². The van der Waals surface area contributed by atoms with Crippen LogP contribution in [-0.4, -0.2) is 27.3 Å². The van der Waals surface area contributed by atoms with E-state index in [9.17, 15) is 31.4 Å². The minimum absolute atomic E-state index is 0.0851. The summed E-state index contributed by atoms with van der Waals surface area (Å²) in [5.74, 6) is -1.21. The van der Waals surface area contributed by atoms with Crippen molar-refractivity contribution in [3.63, 3.8) is 0 Å². The van der Waals surface area contributed by atoms with E-state index in [1.807, 2.05) is 25.1 Å². The fraction of sp³-hybridized carbons (Fsp3) is 0.156. The monoisotopic (exact) mass is 655 g/mol. The second-order valence-electron chi connectivity index (χ2n) is 9.99. The lowest BCUT2D eigenvalue weighted by molar-refractivity contribution is -0.137. The molecule has 2 N–H and O–H groups in total. The molecule has 2 aromatic heterocycles. The predicted molar refractivity (Wildman–Crippen MR) is 163 cm³/mol. The standard InChI is InChI=1S/C32H25F4N3O4S2/c1-18-25(13-19-3-8-23(9-4-19)45(2)42)24-10-6-21(33)14-27(24)26(18)15-29(40)38-39-31(41)28-11-7-22(43-28)17-44-30-12-5-20(16-37-30)32(34,35)36/h3-14,16H,15,17H2,1-2H3,(H,38,40)(H,39,41). The number of pyridine rings is 1. The summed E-state index contributed by atoms with van der Waals surface area (Å²) < 4.78 is 69.6. The number of amides is 2. The first-order chi connectivity index (χ1) is 21.4. The van der Waals surface area contributed by atoms with Gasteiger partial charge in [-0.25, -0.2) is 9.37 Å². The first kappa shape index (κ1) is 31.9. The lowest BCUT2D eigenvalue weighted by atomic mass is 10.0. The van der Waals surface area contributed by atoms with E-state index in [1.165, 1.54) is 30.3 Å². The molecule has 45 heavy (non-hydrogen) atoms. The molecular formula is C32H25F4N3O4S2. The van der Waals surface area contributed by atoms with Crippen molar-refractivity contribution < 1.29 is 35.8 Å². The van der Waals surface area contributed by atoms with E-state index in [1.54, 1.807) is 24.5 Å². The molecule has 4 aromatic rings. The number of nitrogens with one attached hydrogen (secondary N) is 2. The van der Waals surface area contributed by atoms with Crippen molar-refractivity contribution in [1.82, 2.24) is 15.8 Å². The van der Waals surface area contributed by atoms with E-state index >= 15 is 0 Å². The maximum absolute atomic E-state index is 14.2. The summed E-state index contributed by atoms with van der Waals surface area (Å²) in [5, 5.41) is 0.348. The number of carbonyl (C=O) groups is 2. The Bertz CT molecular complexity index is 1850. The summed E-state index contributed by atoms with van der Waals surface area (Å²) in [4.78, 5) is 30.0. The number of rotatable bonds is 8. The Morgan fingerprint density at radius 1 is 1.00 bits per heavy atom. The Morgan fingerprint density at radius 2 is 1.76 bits per heavy atom. The largest absolute Gasteiger partial charge is 0.455 e. The molecule has 1 atom stereocenters. The number of aromatic nitrogens is 1. The number of fused-ring (bicyclic) bond motifs is 1.